The zero-order valence-corrected chi connectivity index (χ0v) is 58.5. The summed E-state index contributed by atoms with van der Waals surface area (Å²) >= 11 is 0. The van der Waals surface area contributed by atoms with E-state index in [9.17, 15) is 95.9 Å². The van der Waals surface area contributed by atoms with E-state index in [0.717, 1.165) is 55.6 Å². The van der Waals surface area contributed by atoms with Crippen molar-refractivity contribution in [2.75, 3.05) is 0 Å². The number of esters is 20. The fourth-order valence-electron chi connectivity index (χ4n) is 18.8. The van der Waals surface area contributed by atoms with Crippen LogP contribution in [-0.4, -0.2) is 119 Å². The first-order valence-electron chi connectivity index (χ1n) is 36.1. The average molecular weight is 1520 g/mol. The highest BCUT2D eigenvalue weighted by Gasteiger charge is 2.60. The summed E-state index contributed by atoms with van der Waals surface area (Å²) < 4.78 is 46.9. The number of carbonyl (C=O) groups is 20. The van der Waals surface area contributed by atoms with Crippen molar-refractivity contribution in [3.63, 3.8) is 0 Å². The van der Waals surface area contributed by atoms with Crippen LogP contribution in [0.1, 0.15) is 160 Å². The minimum Gasteiger partial charge on any atom is -0.393 e. The third-order valence-electron chi connectivity index (χ3n) is 24.2. The number of carbonyl (C=O) groups excluding carboxylic acids is 20. The Hall–Kier alpha value is -12.5. The predicted octanol–water partition coefficient (Wildman–Crippen LogP) is 4.24. The van der Waals surface area contributed by atoms with E-state index in [1.165, 1.54) is 0 Å². The van der Waals surface area contributed by atoms with Gasteiger partial charge in [-0.3, -0.25) is 95.9 Å². The number of hydrogen-bond acceptors (Lipinski definition) is 30. The highest BCUT2D eigenvalue weighted by Crippen LogP contribution is 2.56. The molecule has 10 aliphatic heterocycles. The van der Waals surface area contributed by atoms with Gasteiger partial charge in [0.25, 0.3) is 0 Å². The van der Waals surface area contributed by atoms with Crippen LogP contribution in [0.3, 0.4) is 0 Å². The Kier molecular flexibility index (Phi) is 18.2. The lowest BCUT2D eigenvalue weighted by Crippen LogP contribution is -2.43. The van der Waals surface area contributed by atoms with E-state index >= 15 is 0 Å². The number of ether oxygens (including phenoxy) is 10. The first-order valence-corrected chi connectivity index (χ1v) is 36.1. The van der Waals surface area contributed by atoms with Crippen LogP contribution in [0.4, 0.5) is 0 Å². The highest BCUT2D eigenvalue weighted by atomic mass is 16.6. The van der Waals surface area contributed by atoms with Crippen molar-refractivity contribution in [2.24, 2.45) is 59.2 Å². The lowest BCUT2D eigenvalue weighted by Gasteiger charge is -2.41. The maximum absolute atomic E-state index is 12.1. The Morgan fingerprint density at radius 3 is 1.11 bits per heavy atom. The number of hydrogen-bond donors (Lipinski definition) is 0. The Balaban J connectivity index is 0.000000105. The lowest BCUT2D eigenvalue weighted by atomic mass is 9.58. The third-order valence-corrected chi connectivity index (χ3v) is 24.2. The first-order chi connectivity index (χ1) is 53.1. The SMILES string of the molecule is CC1(C2CC(=O)OC2=O)CC2C(=O)OC(=O)C2c2ccccc21.O=C1CC(C2CC3C(=O)OC(=O)C3c3ccccc32)C(=O)O1.O=C1CC(c2ccc3c(c2)CC2C(=O)OC(=O)C2C3)C(=O)O1.O=C1CC(c2cccc3c2CC2C(=O)OC(=O)C2C3)C(=O)O1.O=C1CC(c2cccc3c2CC2C(=O)OC(=O)C2C3)C(=O)O1. The summed E-state index contributed by atoms with van der Waals surface area (Å²) in [4.78, 5) is 234. The van der Waals surface area contributed by atoms with Crippen molar-refractivity contribution < 1.29 is 143 Å². The average Bonchev–Trinajstić information content (AvgIpc) is 1.68. The Morgan fingerprint density at radius 2 is 0.631 bits per heavy atom. The molecule has 5 aromatic rings. The minimum atomic E-state index is -0.745. The third kappa shape index (κ3) is 12.8. The summed E-state index contributed by atoms with van der Waals surface area (Å²) in [5.41, 5.74) is 9.97. The molecule has 0 radical (unpaired) electrons. The maximum Gasteiger partial charge on any atom is 0.321 e. The Bertz CT molecular complexity index is 5010. The van der Waals surface area contributed by atoms with Crippen molar-refractivity contribution in [2.45, 2.75) is 131 Å². The molecule has 0 amide bonds. The molecular weight excluding hydrogens is 1450 g/mol. The molecule has 5 aliphatic carbocycles. The van der Waals surface area contributed by atoms with Crippen LogP contribution in [0, 0.1) is 59.2 Å². The standard InChI is InChI=1S/C17H14O6.4C16H12O6/c1-17(11-6-12(18)22-15(11)20)7-9-13(16(21)23-14(9)19)8-4-2-3-5-10(8)17;17-13-6-10(14(18)21-13)8-2-1-7-4-11-12(5-9(7)3-8)16(20)22-15(11)19;2*17-13-6-12(14(18)21-13)8-3-1-2-7-4-10-11(5-9(7)8)16(20)22-15(10)19;17-12-6-10(14(18)21-12)9-5-11-13(16(20)22-15(11)19)8-4-2-1-3-7(8)9/h2-5,9,11,13H,6-7H2,1H3;3*1-3,10-12H,4-6H2;1-4,9-11,13H,5-6H2. The molecule has 30 heteroatoms. The van der Waals surface area contributed by atoms with Gasteiger partial charge in [-0.2, -0.15) is 0 Å². The molecule has 566 valence electrons. The van der Waals surface area contributed by atoms with Crippen LogP contribution < -0.4 is 0 Å². The number of cyclic esters (lactones) is 20. The summed E-state index contributed by atoms with van der Waals surface area (Å²) in [6.07, 6.45) is 3.16. The van der Waals surface area contributed by atoms with Crippen LogP contribution in [0.5, 0.6) is 0 Å². The maximum atomic E-state index is 12.1. The van der Waals surface area contributed by atoms with Crippen molar-refractivity contribution in [1.82, 2.24) is 0 Å². The van der Waals surface area contributed by atoms with E-state index in [2.05, 4.69) is 18.9 Å². The number of benzene rings is 5. The molecule has 20 rings (SSSR count). The van der Waals surface area contributed by atoms with Crippen LogP contribution in [0.15, 0.2) is 103 Å². The predicted molar refractivity (Wildman–Crippen MR) is 356 cm³/mol. The van der Waals surface area contributed by atoms with Crippen molar-refractivity contribution in [1.29, 1.82) is 0 Å². The van der Waals surface area contributed by atoms with E-state index < -0.39 is 214 Å². The fourth-order valence-corrected chi connectivity index (χ4v) is 18.8. The zero-order valence-electron chi connectivity index (χ0n) is 58.5. The topological polar surface area (TPSA) is 434 Å². The molecule has 10 fully saturated rings. The summed E-state index contributed by atoms with van der Waals surface area (Å²) in [6, 6.07) is 30.9. The zero-order chi connectivity index (χ0) is 78.1. The van der Waals surface area contributed by atoms with Crippen molar-refractivity contribution >= 4 is 119 Å². The highest BCUT2D eigenvalue weighted by molar-refractivity contribution is 6.05. The minimum absolute atomic E-state index is 0.00987. The smallest absolute Gasteiger partial charge is 0.321 e. The van der Waals surface area contributed by atoms with Gasteiger partial charge in [-0.05, 0) is 130 Å². The monoisotopic (exact) mass is 1510 g/mol. The fraction of sp³-hybridized carbons (Fsp3) is 0.383. The molecule has 5 aromatic carbocycles. The van der Waals surface area contributed by atoms with E-state index in [-0.39, 0.29) is 44.4 Å². The second kappa shape index (κ2) is 27.9. The van der Waals surface area contributed by atoms with E-state index in [1.54, 1.807) is 54.6 Å². The number of rotatable bonds is 5. The summed E-state index contributed by atoms with van der Waals surface area (Å²) in [7, 11) is 0. The van der Waals surface area contributed by atoms with Gasteiger partial charge in [0.1, 0.15) is 0 Å². The summed E-state index contributed by atoms with van der Waals surface area (Å²) in [6.45, 7) is 1.85. The van der Waals surface area contributed by atoms with Crippen LogP contribution >= 0.6 is 0 Å². The Labute approximate surface area is 626 Å². The lowest BCUT2D eigenvalue weighted by molar-refractivity contribution is -0.156. The van der Waals surface area contributed by atoms with Gasteiger partial charge in [0.2, 0.25) is 0 Å². The van der Waals surface area contributed by atoms with Gasteiger partial charge in [-0.25, -0.2) is 0 Å². The molecule has 0 saturated carbocycles. The molecule has 30 nitrogen and oxygen atoms in total. The molecule has 10 saturated heterocycles. The normalized spacial score (nSPS) is 31.8. The van der Waals surface area contributed by atoms with Gasteiger partial charge < -0.3 is 47.4 Å². The van der Waals surface area contributed by atoms with Gasteiger partial charge in [0, 0.05) is 5.41 Å². The van der Waals surface area contributed by atoms with Crippen LogP contribution in [0.2, 0.25) is 0 Å². The van der Waals surface area contributed by atoms with E-state index in [4.69, 9.17) is 28.4 Å². The van der Waals surface area contributed by atoms with E-state index in [0.29, 0.717) is 61.6 Å². The van der Waals surface area contributed by atoms with Gasteiger partial charge in [-0.15, -0.1) is 0 Å². The van der Waals surface area contributed by atoms with Crippen LogP contribution in [0.25, 0.3) is 0 Å². The van der Waals surface area contributed by atoms with Gasteiger partial charge in [0.15, 0.2) is 0 Å². The van der Waals surface area contributed by atoms with Gasteiger partial charge in [-0.1, -0.05) is 110 Å². The first kappa shape index (κ1) is 72.7. The molecule has 17 unspecified atom stereocenters. The molecule has 10 heterocycles. The molecule has 0 aromatic heterocycles. The van der Waals surface area contributed by atoms with Crippen LogP contribution in [-0.2, 0) is 187 Å². The van der Waals surface area contributed by atoms with E-state index in [1.807, 2.05) is 55.5 Å². The van der Waals surface area contributed by atoms with Gasteiger partial charge in [0.05, 0.1) is 121 Å². The van der Waals surface area contributed by atoms with Crippen molar-refractivity contribution in [3.05, 3.63) is 175 Å². The molecular formula is C81H62O30. The second-order valence-electron chi connectivity index (χ2n) is 30.2. The summed E-state index contributed by atoms with van der Waals surface area (Å²) in [5.74, 6) is -19.0. The molecule has 0 N–H and O–H groups in total. The molecule has 0 spiro atoms. The Morgan fingerprint density at radius 1 is 0.261 bits per heavy atom. The molecule has 0 bridgehead atoms. The quantitative estimate of drug-likeness (QED) is 0.135. The largest absolute Gasteiger partial charge is 0.393 e. The van der Waals surface area contributed by atoms with Gasteiger partial charge >= 0.3 is 119 Å². The molecule has 17 atom stereocenters. The summed E-state index contributed by atoms with van der Waals surface area (Å²) in [5, 5.41) is 0. The molecule has 15 aliphatic rings. The molecule has 111 heavy (non-hydrogen) atoms. The second-order valence-corrected chi connectivity index (χ2v) is 30.2. The number of fused-ring (bicyclic) bond motifs is 12. The van der Waals surface area contributed by atoms with Crippen molar-refractivity contribution in [3.8, 4) is 0 Å².